The molecule has 4 aliphatic rings. The molecule has 1 spiro atoms. The SMILES string of the molecule is C[C@H](CO)N1C(=O)[C@@H]2[C@@H]3C(=O)N(c4ccccc4)CC=C[C@@H]3S[C@@]23C=CCN(C(C)(C)C)C(=O)C13. The summed E-state index contributed by atoms with van der Waals surface area (Å²) in [6.07, 6.45) is 8.04. The fourth-order valence-corrected chi connectivity index (χ4v) is 8.08. The van der Waals surface area contributed by atoms with Gasteiger partial charge in [-0.15, -0.1) is 11.8 Å². The van der Waals surface area contributed by atoms with Gasteiger partial charge in [-0.1, -0.05) is 42.5 Å². The molecule has 4 heterocycles. The highest BCUT2D eigenvalue weighted by Gasteiger charge is 2.71. The number of carbonyl (C=O) groups is 3. The lowest BCUT2D eigenvalue weighted by atomic mass is 9.78. The summed E-state index contributed by atoms with van der Waals surface area (Å²) >= 11 is 1.56. The number of fused-ring (bicyclic) bond motifs is 2. The van der Waals surface area contributed by atoms with Crippen LogP contribution in [0.2, 0.25) is 0 Å². The topological polar surface area (TPSA) is 81.2 Å². The van der Waals surface area contributed by atoms with Crippen LogP contribution in [0.25, 0.3) is 0 Å². The van der Waals surface area contributed by atoms with Crippen molar-refractivity contribution in [2.24, 2.45) is 11.8 Å². The Bertz CT molecular complexity index is 1100. The van der Waals surface area contributed by atoms with Crippen molar-refractivity contribution >= 4 is 35.2 Å². The number of thioether (sulfide) groups is 1. The Balaban J connectivity index is 1.63. The molecule has 1 aromatic carbocycles. The van der Waals surface area contributed by atoms with Crippen molar-refractivity contribution in [2.45, 2.75) is 55.3 Å². The maximum Gasteiger partial charge on any atom is 0.247 e. The summed E-state index contributed by atoms with van der Waals surface area (Å²) in [7, 11) is 0. The molecule has 1 unspecified atom stereocenters. The Labute approximate surface area is 210 Å². The van der Waals surface area contributed by atoms with E-state index in [4.69, 9.17) is 0 Å². The Morgan fingerprint density at radius 3 is 2.43 bits per heavy atom. The lowest BCUT2D eigenvalue weighted by Gasteiger charge is -2.41. The minimum atomic E-state index is -0.868. The standard InChI is InChI=1S/C27H33N3O4S/c1-17(16-31)30-22-25(34)29(26(2,3)4)15-9-13-27(22)21(24(30)33)20-19(35-27)12-8-14-28(23(20)32)18-10-6-5-7-11-18/h5-13,17,19-22,31H,14-16H2,1-4H3/t17-,19+,20-,21+,22?,27+/m1/s1. The van der Waals surface area contributed by atoms with Crippen LogP contribution in [0.15, 0.2) is 54.6 Å². The summed E-state index contributed by atoms with van der Waals surface area (Å²) in [6, 6.07) is 8.20. The first kappa shape index (κ1) is 24.1. The second-order valence-corrected chi connectivity index (χ2v) is 12.3. The number of likely N-dealkylation sites (tertiary alicyclic amines) is 1. The number of hydrogen-bond acceptors (Lipinski definition) is 5. The molecule has 0 radical (unpaired) electrons. The molecule has 1 aromatic rings. The van der Waals surface area contributed by atoms with Crippen LogP contribution in [-0.2, 0) is 14.4 Å². The Morgan fingerprint density at radius 2 is 1.77 bits per heavy atom. The van der Waals surface area contributed by atoms with E-state index in [9.17, 15) is 19.5 Å². The summed E-state index contributed by atoms with van der Waals surface area (Å²) in [6.45, 7) is 8.36. The predicted octanol–water partition coefficient (Wildman–Crippen LogP) is 2.46. The molecule has 35 heavy (non-hydrogen) atoms. The van der Waals surface area contributed by atoms with Crippen LogP contribution in [0.1, 0.15) is 27.7 Å². The molecule has 2 saturated heterocycles. The second-order valence-electron chi connectivity index (χ2n) is 10.9. The van der Waals surface area contributed by atoms with E-state index in [-0.39, 0.29) is 29.6 Å². The molecule has 6 atom stereocenters. The Hall–Kier alpha value is -2.58. The number of amides is 3. The van der Waals surface area contributed by atoms with E-state index in [2.05, 4.69) is 0 Å². The zero-order chi connectivity index (χ0) is 25.1. The number of aliphatic hydroxyl groups excluding tert-OH is 1. The third-order valence-electron chi connectivity index (χ3n) is 7.71. The highest BCUT2D eigenvalue weighted by molar-refractivity contribution is 8.02. The number of hydrogen-bond donors (Lipinski definition) is 1. The van der Waals surface area contributed by atoms with Gasteiger partial charge in [0, 0.05) is 29.6 Å². The lowest BCUT2D eigenvalue weighted by molar-refractivity contribution is -0.147. The molecule has 0 saturated carbocycles. The van der Waals surface area contributed by atoms with Crippen LogP contribution >= 0.6 is 11.8 Å². The number of carbonyl (C=O) groups excluding carboxylic acids is 3. The molecule has 1 N–H and O–H groups in total. The van der Waals surface area contributed by atoms with Gasteiger partial charge in [0.05, 0.1) is 29.2 Å². The number of para-hydroxylation sites is 1. The first-order valence-corrected chi connectivity index (χ1v) is 13.1. The molecular weight excluding hydrogens is 462 g/mol. The van der Waals surface area contributed by atoms with Crippen LogP contribution in [0, 0.1) is 11.8 Å². The van der Waals surface area contributed by atoms with Crippen LogP contribution in [0.3, 0.4) is 0 Å². The average molecular weight is 496 g/mol. The quantitative estimate of drug-likeness (QED) is 0.652. The molecule has 5 rings (SSSR count). The van der Waals surface area contributed by atoms with Gasteiger partial charge in [0.2, 0.25) is 17.7 Å². The molecule has 7 nitrogen and oxygen atoms in total. The van der Waals surface area contributed by atoms with Crippen molar-refractivity contribution in [3.8, 4) is 0 Å². The monoisotopic (exact) mass is 495 g/mol. The van der Waals surface area contributed by atoms with Gasteiger partial charge >= 0.3 is 0 Å². The van der Waals surface area contributed by atoms with Gasteiger partial charge in [-0.3, -0.25) is 14.4 Å². The largest absolute Gasteiger partial charge is 0.394 e. The molecule has 0 bridgehead atoms. The zero-order valence-corrected chi connectivity index (χ0v) is 21.4. The molecule has 2 fully saturated rings. The van der Waals surface area contributed by atoms with Gasteiger partial charge in [-0.25, -0.2) is 0 Å². The van der Waals surface area contributed by atoms with Gasteiger partial charge in [0.15, 0.2) is 0 Å². The number of nitrogens with zero attached hydrogens (tertiary/aromatic N) is 3. The lowest BCUT2D eigenvalue weighted by Crippen LogP contribution is -2.59. The number of benzene rings is 1. The molecule has 3 amide bonds. The maximum atomic E-state index is 14.1. The highest BCUT2D eigenvalue weighted by Crippen LogP contribution is 2.61. The van der Waals surface area contributed by atoms with Crippen LogP contribution in [-0.4, -0.2) is 79.9 Å². The minimum absolute atomic E-state index is 0.0936. The van der Waals surface area contributed by atoms with Crippen molar-refractivity contribution in [1.29, 1.82) is 0 Å². The smallest absolute Gasteiger partial charge is 0.247 e. The predicted molar refractivity (Wildman–Crippen MR) is 137 cm³/mol. The Kier molecular flexibility index (Phi) is 5.87. The second kappa shape index (κ2) is 8.52. The van der Waals surface area contributed by atoms with E-state index >= 15 is 0 Å². The number of aliphatic hydroxyl groups is 1. The third-order valence-corrected chi connectivity index (χ3v) is 9.46. The van der Waals surface area contributed by atoms with E-state index in [1.807, 2.05) is 75.4 Å². The number of rotatable bonds is 3. The first-order chi connectivity index (χ1) is 16.6. The molecule has 0 aliphatic carbocycles. The summed E-state index contributed by atoms with van der Waals surface area (Å²) in [5, 5.41) is 9.83. The summed E-state index contributed by atoms with van der Waals surface area (Å²) in [4.78, 5) is 47.4. The molecule has 4 aliphatic heterocycles. The van der Waals surface area contributed by atoms with E-state index in [0.717, 1.165) is 5.69 Å². The molecule has 186 valence electrons. The fourth-order valence-electron chi connectivity index (χ4n) is 6.08. The summed E-state index contributed by atoms with van der Waals surface area (Å²) in [5.41, 5.74) is 0.359. The molecular formula is C27H33N3O4S. The summed E-state index contributed by atoms with van der Waals surface area (Å²) in [5.74, 6) is -1.72. The molecule has 8 heteroatoms. The van der Waals surface area contributed by atoms with Gasteiger partial charge in [0.25, 0.3) is 0 Å². The van der Waals surface area contributed by atoms with Crippen molar-refractivity contribution in [2.75, 3.05) is 24.6 Å². The van der Waals surface area contributed by atoms with Gasteiger partial charge < -0.3 is 19.8 Å². The van der Waals surface area contributed by atoms with Crippen LogP contribution in [0.5, 0.6) is 0 Å². The van der Waals surface area contributed by atoms with Crippen molar-refractivity contribution in [1.82, 2.24) is 9.80 Å². The van der Waals surface area contributed by atoms with E-state index in [1.165, 1.54) is 0 Å². The minimum Gasteiger partial charge on any atom is -0.394 e. The average Bonchev–Trinajstić information content (AvgIpc) is 3.14. The van der Waals surface area contributed by atoms with Crippen molar-refractivity contribution < 1.29 is 19.5 Å². The third kappa shape index (κ3) is 3.56. The van der Waals surface area contributed by atoms with Gasteiger partial charge in [0.1, 0.15) is 6.04 Å². The van der Waals surface area contributed by atoms with E-state index < -0.39 is 34.2 Å². The van der Waals surface area contributed by atoms with Crippen LogP contribution < -0.4 is 4.90 Å². The van der Waals surface area contributed by atoms with Crippen LogP contribution in [0.4, 0.5) is 5.69 Å². The first-order valence-electron chi connectivity index (χ1n) is 12.2. The van der Waals surface area contributed by atoms with Crippen molar-refractivity contribution in [3.05, 3.63) is 54.6 Å². The van der Waals surface area contributed by atoms with Gasteiger partial charge in [-0.2, -0.15) is 0 Å². The summed E-state index contributed by atoms with van der Waals surface area (Å²) < 4.78 is -0.868. The Morgan fingerprint density at radius 1 is 1.06 bits per heavy atom. The maximum absolute atomic E-state index is 14.1. The van der Waals surface area contributed by atoms with E-state index in [0.29, 0.717) is 13.1 Å². The van der Waals surface area contributed by atoms with Crippen molar-refractivity contribution in [3.63, 3.8) is 0 Å². The van der Waals surface area contributed by atoms with E-state index in [1.54, 1.807) is 33.4 Å². The van der Waals surface area contributed by atoms with Gasteiger partial charge in [-0.05, 0) is 39.8 Å². The fraction of sp³-hybridized carbons (Fsp3) is 0.519. The number of anilines is 1. The highest BCUT2D eigenvalue weighted by atomic mass is 32.2. The zero-order valence-electron chi connectivity index (χ0n) is 20.6. The molecule has 0 aromatic heterocycles. The normalized spacial score (nSPS) is 33.4.